The molecule has 0 saturated carbocycles. The summed E-state index contributed by atoms with van der Waals surface area (Å²) in [7, 11) is 0. The van der Waals surface area contributed by atoms with Crippen LogP contribution in [0.25, 0.3) is 0 Å². The molecule has 1 saturated heterocycles. The molecule has 3 aromatic heterocycles. The summed E-state index contributed by atoms with van der Waals surface area (Å²) >= 11 is 1.31. The molecule has 1 fully saturated rings. The second-order valence-electron chi connectivity index (χ2n) is 8.22. The molecule has 0 unspecified atom stereocenters. The fourth-order valence-corrected chi connectivity index (χ4v) is 4.61. The Morgan fingerprint density at radius 3 is 2.97 bits per heavy atom. The zero-order valence-electron chi connectivity index (χ0n) is 17.6. The Morgan fingerprint density at radius 2 is 2.19 bits per heavy atom. The average Bonchev–Trinajstić information content (AvgIpc) is 3.53. The van der Waals surface area contributed by atoms with Gasteiger partial charge in [-0.1, -0.05) is 25.2 Å². The normalized spacial score (nSPS) is 17.9. The molecule has 162 valence electrons. The lowest BCUT2D eigenvalue weighted by Crippen LogP contribution is -2.40. The molecule has 0 bridgehead atoms. The van der Waals surface area contributed by atoms with Gasteiger partial charge in [0.1, 0.15) is 17.4 Å². The number of carbonyl (C=O) groups is 1. The number of aryl methyl sites for hydroxylation is 1. The monoisotopic (exact) mass is 439 g/mol. The van der Waals surface area contributed by atoms with Gasteiger partial charge in [0.2, 0.25) is 17.0 Å². The number of hydrogen-bond donors (Lipinski definition) is 3. The smallest absolute Gasteiger partial charge is 0.249 e. The third-order valence-corrected chi connectivity index (χ3v) is 6.40. The Morgan fingerprint density at radius 1 is 1.29 bits per heavy atom. The molecule has 5 rings (SSSR count). The average molecular weight is 440 g/mol. The Labute approximate surface area is 183 Å². The van der Waals surface area contributed by atoms with E-state index in [-0.39, 0.29) is 11.9 Å². The highest BCUT2D eigenvalue weighted by atomic mass is 32.1. The highest BCUT2D eigenvalue weighted by molar-refractivity contribution is 7.13. The van der Waals surface area contributed by atoms with Crippen LogP contribution in [0.3, 0.4) is 0 Å². The van der Waals surface area contributed by atoms with Crippen LogP contribution in [0.2, 0.25) is 0 Å². The molecule has 11 heteroatoms. The summed E-state index contributed by atoms with van der Waals surface area (Å²) in [6, 6.07) is 1.69. The van der Waals surface area contributed by atoms with E-state index >= 15 is 0 Å². The molecular weight excluding hydrogens is 414 g/mol. The van der Waals surface area contributed by atoms with E-state index in [0.717, 1.165) is 67.2 Å². The third-order valence-electron chi connectivity index (χ3n) is 5.79. The number of nitrogens with zero attached hydrogens (tertiary/aromatic N) is 6. The Kier molecular flexibility index (Phi) is 5.26. The second kappa shape index (κ2) is 8.22. The van der Waals surface area contributed by atoms with E-state index in [4.69, 9.17) is 9.97 Å². The van der Waals surface area contributed by atoms with E-state index in [2.05, 4.69) is 44.9 Å². The van der Waals surface area contributed by atoms with Gasteiger partial charge in [0.05, 0.1) is 5.69 Å². The summed E-state index contributed by atoms with van der Waals surface area (Å²) in [5, 5.41) is 21.9. The van der Waals surface area contributed by atoms with Gasteiger partial charge in [-0.2, -0.15) is 10.1 Å². The van der Waals surface area contributed by atoms with Crippen LogP contribution in [0.5, 0.6) is 0 Å². The maximum absolute atomic E-state index is 12.9. The van der Waals surface area contributed by atoms with Crippen molar-refractivity contribution in [2.75, 3.05) is 22.1 Å². The minimum Gasteiger partial charge on any atom is -0.329 e. The first-order valence-corrected chi connectivity index (χ1v) is 11.5. The number of anilines is 4. The third kappa shape index (κ3) is 3.97. The lowest BCUT2D eigenvalue weighted by molar-refractivity contribution is -0.117. The summed E-state index contributed by atoms with van der Waals surface area (Å²) in [5.74, 6) is 2.40. The van der Waals surface area contributed by atoms with Gasteiger partial charge < -0.3 is 10.2 Å². The van der Waals surface area contributed by atoms with Crippen molar-refractivity contribution in [1.29, 1.82) is 0 Å². The lowest BCUT2D eigenvalue weighted by atomic mass is 10.1. The fourth-order valence-electron chi connectivity index (χ4n) is 4.16. The minimum absolute atomic E-state index is 0.0956. The van der Waals surface area contributed by atoms with E-state index in [1.165, 1.54) is 11.3 Å². The highest BCUT2D eigenvalue weighted by Gasteiger charge is 2.34. The number of aromatic amines is 1. The van der Waals surface area contributed by atoms with Gasteiger partial charge in [-0.3, -0.25) is 15.2 Å². The van der Waals surface area contributed by atoms with Crippen molar-refractivity contribution in [2.45, 2.75) is 57.9 Å². The molecule has 1 aliphatic heterocycles. The standard InChI is InChI=1S/C20H25N9OS/c1-11(2)14-9-16(27-26-14)23-17-12-5-3-6-13(12)22-19(24-17)29-8-4-7-15(29)18(30)25-20-28-21-10-31-20/h9-11,15H,3-8H2,1-2H3,(H,25,28,30)(H2,22,23,24,26,27)/t15-/m1/s1. The molecule has 1 aliphatic carbocycles. The first-order chi connectivity index (χ1) is 15.1. The van der Waals surface area contributed by atoms with Crippen molar-refractivity contribution in [3.8, 4) is 0 Å². The van der Waals surface area contributed by atoms with Crippen LogP contribution < -0.4 is 15.5 Å². The van der Waals surface area contributed by atoms with Crippen molar-refractivity contribution in [1.82, 2.24) is 30.4 Å². The number of amides is 1. The summed E-state index contributed by atoms with van der Waals surface area (Å²) in [4.78, 5) is 24.6. The van der Waals surface area contributed by atoms with Crippen LogP contribution in [0, 0.1) is 0 Å². The molecule has 0 spiro atoms. The maximum atomic E-state index is 12.9. The number of nitrogens with one attached hydrogen (secondary N) is 3. The SMILES string of the molecule is CC(C)c1cc(Nc2nc(N3CCC[C@@H]3C(=O)Nc3nncs3)nc3c2CCC3)n[nH]1. The summed E-state index contributed by atoms with van der Waals surface area (Å²) in [6.07, 6.45) is 4.59. The zero-order chi connectivity index (χ0) is 21.4. The predicted molar refractivity (Wildman–Crippen MR) is 119 cm³/mol. The zero-order valence-corrected chi connectivity index (χ0v) is 18.4. The molecule has 0 aromatic carbocycles. The van der Waals surface area contributed by atoms with E-state index < -0.39 is 0 Å². The summed E-state index contributed by atoms with van der Waals surface area (Å²) < 4.78 is 0. The molecule has 31 heavy (non-hydrogen) atoms. The maximum Gasteiger partial charge on any atom is 0.249 e. The van der Waals surface area contributed by atoms with Crippen LogP contribution in [0.1, 0.15) is 56.0 Å². The van der Waals surface area contributed by atoms with Crippen molar-refractivity contribution < 1.29 is 4.79 Å². The van der Waals surface area contributed by atoms with Gasteiger partial charge in [-0.15, -0.1) is 10.2 Å². The molecule has 4 heterocycles. The summed E-state index contributed by atoms with van der Waals surface area (Å²) in [6.45, 7) is 4.99. The molecule has 1 amide bonds. The highest BCUT2D eigenvalue weighted by Crippen LogP contribution is 2.33. The van der Waals surface area contributed by atoms with Gasteiger partial charge in [-0.25, -0.2) is 4.98 Å². The molecule has 2 aliphatic rings. The van der Waals surface area contributed by atoms with Crippen molar-refractivity contribution >= 4 is 40.0 Å². The number of carbonyl (C=O) groups excluding carboxylic acids is 1. The Balaban J connectivity index is 1.42. The van der Waals surface area contributed by atoms with Crippen LogP contribution in [-0.4, -0.2) is 48.9 Å². The lowest BCUT2D eigenvalue weighted by Gasteiger charge is -2.24. The predicted octanol–water partition coefficient (Wildman–Crippen LogP) is 3.01. The summed E-state index contributed by atoms with van der Waals surface area (Å²) in [5.41, 5.74) is 4.87. The van der Waals surface area contributed by atoms with E-state index in [0.29, 0.717) is 17.0 Å². The molecule has 1 atom stereocenters. The quantitative estimate of drug-likeness (QED) is 0.535. The molecule has 3 aromatic rings. The van der Waals surface area contributed by atoms with Crippen molar-refractivity contribution in [3.05, 3.63) is 28.5 Å². The van der Waals surface area contributed by atoms with E-state index in [9.17, 15) is 4.79 Å². The van der Waals surface area contributed by atoms with Crippen molar-refractivity contribution in [2.24, 2.45) is 0 Å². The van der Waals surface area contributed by atoms with Crippen molar-refractivity contribution in [3.63, 3.8) is 0 Å². The number of hydrogen-bond acceptors (Lipinski definition) is 9. The second-order valence-corrected chi connectivity index (χ2v) is 9.06. The van der Waals surface area contributed by atoms with E-state index in [1.54, 1.807) is 5.51 Å². The van der Waals surface area contributed by atoms with Gasteiger partial charge in [0.15, 0.2) is 5.82 Å². The van der Waals surface area contributed by atoms with Gasteiger partial charge in [0, 0.05) is 23.9 Å². The molecule has 0 radical (unpaired) electrons. The van der Waals surface area contributed by atoms with E-state index in [1.807, 2.05) is 11.0 Å². The number of fused-ring (bicyclic) bond motifs is 1. The first-order valence-electron chi connectivity index (χ1n) is 10.6. The Hall–Kier alpha value is -3.08. The first kappa shape index (κ1) is 19.9. The van der Waals surface area contributed by atoms with Gasteiger partial charge in [-0.05, 0) is 38.0 Å². The Bertz CT molecular complexity index is 1080. The largest absolute Gasteiger partial charge is 0.329 e. The minimum atomic E-state index is -0.325. The van der Waals surface area contributed by atoms with Gasteiger partial charge >= 0.3 is 0 Å². The molecule has 10 nitrogen and oxygen atoms in total. The number of H-pyrrole nitrogens is 1. The number of rotatable bonds is 6. The fraction of sp³-hybridized carbons (Fsp3) is 0.500. The van der Waals surface area contributed by atoms with Crippen LogP contribution in [-0.2, 0) is 17.6 Å². The topological polar surface area (TPSA) is 125 Å². The number of aromatic nitrogens is 6. The molecular formula is C20H25N9OS. The van der Waals surface area contributed by atoms with Crippen LogP contribution >= 0.6 is 11.3 Å². The van der Waals surface area contributed by atoms with Crippen LogP contribution in [0.15, 0.2) is 11.6 Å². The molecule has 3 N–H and O–H groups in total. The van der Waals surface area contributed by atoms with Gasteiger partial charge in [0.25, 0.3) is 0 Å². The van der Waals surface area contributed by atoms with Crippen LogP contribution in [0.4, 0.5) is 22.7 Å².